The molecule has 0 spiro atoms. The van der Waals surface area contributed by atoms with Gasteiger partial charge in [0.25, 0.3) is 0 Å². The summed E-state index contributed by atoms with van der Waals surface area (Å²) < 4.78 is 0. The van der Waals surface area contributed by atoms with Crippen LogP contribution in [0.15, 0.2) is 12.1 Å². The zero-order chi connectivity index (χ0) is 14.5. The van der Waals surface area contributed by atoms with E-state index in [9.17, 15) is 4.79 Å². The third-order valence-corrected chi connectivity index (χ3v) is 4.47. The Morgan fingerprint density at radius 2 is 2.00 bits per heavy atom. The molecule has 20 heavy (non-hydrogen) atoms. The number of rotatable bonds is 5. The molecule has 0 amide bonds. The molecule has 0 saturated heterocycles. The minimum absolute atomic E-state index is 0.0913. The maximum absolute atomic E-state index is 11.0. The summed E-state index contributed by atoms with van der Waals surface area (Å²) in [4.78, 5) is 15.0. The summed E-state index contributed by atoms with van der Waals surface area (Å²) in [6.07, 6.45) is 6.37. The lowest BCUT2D eigenvalue weighted by atomic mass is 9.81. The van der Waals surface area contributed by atoms with Crippen molar-refractivity contribution in [3.05, 3.63) is 22.8 Å². The molecule has 0 radical (unpaired) electrons. The lowest BCUT2D eigenvalue weighted by molar-refractivity contribution is 0.0691. The summed E-state index contributed by atoms with van der Waals surface area (Å²) >= 11 is 5.80. The molecule has 4 nitrogen and oxygen atoms in total. The summed E-state index contributed by atoms with van der Waals surface area (Å²) in [5, 5.41) is 12.4. The SMILES string of the molecule is CCC1CCC(CNc2ccc(Cl)c(C(=O)O)n2)CC1. The van der Waals surface area contributed by atoms with Crippen LogP contribution in [0.4, 0.5) is 5.82 Å². The number of nitrogens with zero attached hydrogens (tertiary/aromatic N) is 1. The quantitative estimate of drug-likeness (QED) is 0.860. The van der Waals surface area contributed by atoms with Crippen LogP contribution in [0.3, 0.4) is 0 Å². The van der Waals surface area contributed by atoms with Gasteiger partial charge in [0.15, 0.2) is 5.69 Å². The van der Waals surface area contributed by atoms with Crippen LogP contribution in [-0.4, -0.2) is 22.6 Å². The number of carboxylic acid groups (broad SMARTS) is 1. The van der Waals surface area contributed by atoms with Crippen molar-refractivity contribution in [1.82, 2.24) is 4.98 Å². The molecule has 1 aliphatic carbocycles. The molecule has 0 bridgehead atoms. The summed E-state index contributed by atoms with van der Waals surface area (Å²) in [6.45, 7) is 3.11. The normalized spacial score (nSPS) is 22.5. The first kappa shape index (κ1) is 15.1. The number of carboxylic acids is 1. The van der Waals surface area contributed by atoms with Crippen molar-refractivity contribution in [1.29, 1.82) is 0 Å². The number of carbonyl (C=O) groups is 1. The number of nitrogens with one attached hydrogen (secondary N) is 1. The first-order valence-corrected chi connectivity index (χ1v) is 7.61. The average Bonchev–Trinajstić information content (AvgIpc) is 2.46. The maximum atomic E-state index is 11.0. The number of hydrogen-bond donors (Lipinski definition) is 2. The number of hydrogen-bond acceptors (Lipinski definition) is 3. The average molecular weight is 297 g/mol. The van der Waals surface area contributed by atoms with Gasteiger partial charge in [0.05, 0.1) is 5.02 Å². The first-order valence-electron chi connectivity index (χ1n) is 7.23. The molecule has 0 unspecified atom stereocenters. The van der Waals surface area contributed by atoms with Gasteiger partial charge in [-0.15, -0.1) is 0 Å². The Kier molecular flexibility index (Phi) is 5.24. The van der Waals surface area contributed by atoms with Gasteiger partial charge in [0.1, 0.15) is 5.82 Å². The fourth-order valence-electron chi connectivity index (χ4n) is 2.78. The fraction of sp³-hybridized carbons (Fsp3) is 0.600. The molecule has 1 aromatic heterocycles. The number of aromatic nitrogens is 1. The molecular weight excluding hydrogens is 276 g/mol. The molecule has 1 saturated carbocycles. The van der Waals surface area contributed by atoms with Crippen LogP contribution in [0, 0.1) is 11.8 Å². The Labute approximate surface area is 124 Å². The predicted molar refractivity (Wildman–Crippen MR) is 80.4 cm³/mol. The van der Waals surface area contributed by atoms with Gasteiger partial charge in [-0.2, -0.15) is 0 Å². The third-order valence-electron chi connectivity index (χ3n) is 4.16. The molecule has 1 heterocycles. The first-order chi connectivity index (χ1) is 9.60. The molecular formula is C15H21ClN2O2. The van der Waals surface area contributed by atoms with E-state index in [0.717, 1.165) is 12.5 Å². The Morgan fingerprint density at radius 1 is 1.35 bits per heavy atom. The van der Waals surface area contributed by atoms with Crippen molar-refractivity contribution in [2.45, 2.75) is 39.0 Å². The number of pyridine rings is 1. The molecule has 1 aromatic rings. The Hall–Kier alpha value is -1.29. The maximum Gasteiger partial charge on any atom is 0.356 e. The van der Waals surface area contributed by atoms with Crippen LogP contribution < -0.4 is 5.32 Å². The second-order valence-electron chi connectivity index (χ2n) is 5.51. The van der Waals surface area contributed by atoms with Crippen LogP contribution in [0.1, 0.15) is 49.5 Å². The number of aromatic carboxylic acids is 1. The Balaban J connectivity index is 1.88. The van der Waals surface area contributed by atoms with E-state index in [0.29, 0.717) is 11.7 Å². The highest BCUT2D eigenvalue weighted by molar-refractivity contribution is 6.33. The van der Waals surface area contributed by atoms with Crippen LogP contribution >= 0.6 is 11.6 Å². The van der Waals surface area contributed by atoms with E-state index in [4.69, 9.17) is 16.7 Å². The van der Waals surface area contributed by atoms with E-state index in [1.165, 1.54) is 32.1 Å². The van der Waals surface area contributed by atoms with Gasteiger partial charge in [-0.25, -0.2) is 9.78 Å². The van der Waals surface area contributed by atoms with Crippen molar-refractivity contribution in [2.75, 3.05) is 11.9 Å². The van der Waals surface area contributed by atoms with Crippen molar-refractivity contribution >= 4 is 23.4 Å². The van der Waals surface area contributed by atoms with Gasteiger partial charge < -0.3 is 10.4 Å². The number of anilines is 1. The molecule has 0 atom stereocenters. The second-order valence-corrected chi connectivity index (χ2v) is 5.92. The predicted octanol–water partition coefficient (Wildman–Crippen LogP) is 4.06. The van der Waals surface area contributed by atoms with Crippen LogP contribution in [0.2, 0.25) is 5.02 Å². The van der Waals surface area contributed by atoms with E-state index in [1.54, 1.807) is 12.1 Å². The monoisotopic (exact) mass is 296 g/mol. The van der Waals surface area contributed by atoms with E-state index in [-0.39, 0.29) is 10.7 Å². The van der Waals surface area contributed by atoms with Gasteiger partial charge in [-0.1, -0.05) is 37.8 Å². The summed E-state index contributed by atoms with van der Waals surface area (Å²) in [5.74, 6) is 1.04. The summed E-state index contributed by atoms with van der Waals surface area (Å²) in [7, 11) is 0. The van der Waals surface area contributed by atoms with Crippen LogP contribution in [0.5, 0.6) is 0 Å². The van der Waals surface area contributed by atoms with Crippen molar-refractivity contribution in [2.24, 2.45) is 11.8 Å². The van der Waals surface area contributed by atoms with E-state index in [1.807, 2.05) is 0 Å². The highest BCUT2D eigenvalue weighted by Crippen LogP contribution is 2.30. The fourth-order valence-corrected chi connectivity index (χ4v) is 2.97. The van der Waals surface area contributed by atoms with Crippen LogP contribution in [0.25, 0.3) is 0 Å². The largest absolute Gasteiger partial charge is 0.476 e. The van der Waals surface area contributed by atoms with Crippen molar-refractivity contribution < 1.29 is 9.90 Å². The second kappa shape index (κ2) is 6.93. The minimum Gasteiger partial charge on any atom is -0.476 e. The lowest BCUT2D eigenvalue weighted by Gasteiger charge is -2.28. The highest BCUT2D eigenvalue weighted by Gasteiger charge is 2.20. The molecule has 2 rings (SSSR count). The molecule has 1 aliphatic rings. The summed E-state index contributed by atoms with van der Waals surface area (Å²) in [6, 6.07) is 3.31. The standard InChI is InChI=1S/C15H21ClN2O2/c1-2-10-3-5-11(6-4-10)9-17-13-8-7-12(16)14(18-13)15(19)20/h7-8,10-11H,2-6,9H2,1H3,(H,17,18)(H,19,20). The Morgan fingerprint density at radius 3 is 2.60 bits per heavy atom. The molecule has 0 aliphatic heterocycles. The van der Waals surface area contributed by atoms with Gasteiger partial charge >= 0.3 is 5.97 Å². The molecule has 5 heteroatoms. The van der Waals surface area contributed by atoms with Crippen molar-refractivity contribution in [3.63, 3.8) is 0 Å². The van der Waals surface area contributed by atoms with Gasteiger partial charge in [0.2, 0.25) is 0 Å². The highest BCUT2D eigenvalue weighted by atomic mass is 35.5. The zero-order valence-corrected chi connectivity index (χ0v) is 12.5. The molecule has 1 fully saturated rings. The topological polar surface area (TPSA) is 62.2 Å². The van der Waals surface area contributed by atoms with E-state index in [2.05, 4.69) is 17.2 Å². The lowest BCUT2D eigenvalue weighted by Crippen LogP contribution is -2.21. The summed E-state index contributed by atoms with van der Waals surface area (Å²) in [5.41, 5.74) is -0.0913. The van der Waals surface area contributed by atoms with Gasteiger partial charge in [0, 0.05) is 6.54 Å². The number of halogens is 1. The van der Waals surface area contributed by atoms with Gasteiger partial charge in [-0.05, 0) is 36.8 Å². The smallest absolute Gasteiger partial charge is 0.356 e. The molecule has 110 valence electrons. The zero-order valence-electron chi connectivity index (χ0n) is 11.7. The van der Waals surface area contributed by atoms with Crippen molar-refractivity contribution in [3.8, 4) is 0 Å². The van der Waals surface area contributed by atoms with E-state index < -0.39 is 5.97 Å². The van der Waals surface area contributed by atoms with Crippen LogP contribution in [-0.2, 0) is 0 Å². The Bertz CT molecular complexity index is 471. The third kappa shape index (κ3) is 3.85. The molecule has 0 aromatic carbocycles. The van der Waals surface area contributed by atoms with E-state index >= 15 is 0 Å². The molecule has 2 N–H and O–H groups in total. The van der Waals surface area contributed by atoms with Gasteiger partial charge in [-0.3, -0.25) is 0 Å². The minimum atomic E-state index is -1.10.